The van der Waals surface area contributed by atoms with Gasteiger partial charge in [-0.2, -0.15) is 0 Å². The number of hydrogen-bond donors (Lipinski definition) is 1. The molecule has 0 aliphatic carbocycles. The molecule has 0 spiro atoms. The second-order valence-corrected chi connectivity index (χ2v) is 6.40. The van der Waals surface area contributed by atoms with Gasteiger partial charge in [-0.1, -0.05) is 17.7 Å². The number of benzene rings is 1. The third kappa shape index (κ3) is 2.89. The number of rotatable bonds is 3. The van der Waals surface area contributed by atoms with Gasteiger partial charge in [0.05, 0.1) is 4.90 Å². The van der Waals surface area contributed by atoms with E-state index in [1.807, 2.05) is 6.92 Å². The normalized spacial score (nSPS) is 11.4. The zero-order chi connectivity index (χ0) is 15.8. The average molecular weight is 309 g/mol. The molecule has 0 saturated carbocycles. The highest BCUT2D eigenvalue weighted by Crippen LogP contribution is 2.13. The maximum Gasteiger partial charge on any atom is 0.330 e. The summed E-state index contributed by atoms with van der Waals surface area (Å²) in [6.45, 7) is 1.84. The summed E-state index contributed by atoms with van der Waals surface area (Å²) >= 11 is 0. The van der Waals surface area contributed by atoms with Crippen LogP contribution in [0.1, 0.15) is 5.56 Å². The number of aromatic nitrogens is 2. The van der Waals surface area contributed by atoms with E-state index in [-0.39, 0.29) is 10.6 Å². The first-order valence-electron chi connectivity index (χ1n) is 6.08. The molecule has 0 saturated heterocycles. The summed E-state index contributed by atoms with van der Waals surface area (Å²) < 4.78 is 28.6. The summed E-state index contributed by atoms with van der Waals surface area (Å²) in [5.41, 5.74) is -0.487. The predicted octanol–water partition coefficient (Wildman–Crippen LogP) is 0.193. The molecule has 2 aromatic rings. The Morgan fingerprint density at radius 1 is 1.05 bits per heavy atom. The van der Waals surface area contributed by atoms with Gasteiger partial charge in [0, 0.05) is 20.3 Å². The Hall–Kier alpha value is -2.35. The zero-order valence-electron chi connectivity index (χ0n) is 11.8. The molecule has 1 heterocycles. The Kier molecular flexibility index (Phi) is 3.73. The van der Waals surface area contributed by atoms with Crippen LogP contribution in [0.3, 0.4) is 0 Å². The number of nitrogens with zero attached hydrogens (tertiary/aromatic N) is 2. The Bertz CT molecular complexity index is 892. The van der Waals surface area contributed by atoms with Gasteiger partial charge in [-0.15, -0.1) is 0 Å². The number of hydrogen-bond acceptors (Lipinski definition) is 4. The van der Waals surface area contributed by atoms with Crippen molar-refractivity contribution in [3.8, 4) is 0 Å². The van der Waals surface area contributed by atoms with Gasteiger partial charge in [-0.25, -0.2) is 13.2 Å². The van der Waals surface area contributed by atoms with Crippen LogP contribution < -0.4 is 16.0 Å². The lowest BCUT2D eigenvalue weighted by atomic mass is 10.2. The van der Waals surface area contributed by atoms with E-state index in [0.29, 0.717) is 0 Å². The zero-order valence-corrected chi connectivity index (χ0v) is 12.6. The molecule has 0 unspecified atom stereocenters. The quantitative estimate of drug-likeness (QED) is 0.876. The van der Waals surface area contributed by atoms with E-state index in [0.717, 1.165) is 20.9 Å². The minimum absolute atomic E-state index is 0.0454. The molecular weight excluding hydrogens is 294 g/mol. The van der Waals surface area contributed by atoms with E-state index in [9.17, 15) is 18.0 Å². The fourth-order valence-electron chi connectivity index (χ4n) is 1.80. The SMILES string of the molecule is Cc1ccc(S(=O)(=O)Nc2cn(C)c(=O)n(C)c2=O)cc1. The summed E-state index contributed by atoms with van der Waals surface area (Å²) in [7, 11) is -1.16. The predicted molar refractivity (Wildman–Crippen MR) is 78.9 cm³/mol. The van der Waals surface area contributed by atoms with Gasteiger partial charge in [0.25, 0.3) is 15.6 Å². The van der Waals surface area contributed by atoms with E-state index in [1.165, 1.54) is 26.2 Å². The van der Waals surface area contributed by atoms with Crippen molar-refractivity contribution in [1.29, 1.82) is 0 Å². The van der Waals surface area contributed by atoms with Gasteiger partial charge >= 0.3 is 5.69 Å². The van der Waals surface area contributed by atoms with Crippen LogP contribution in [0.4, 0.5) is 5.69 Å². The Labute approximate surface area is 121 Å². The van der Waals surface area contributed by atoms with E-state index >= 15 is 0 Å². The first-order valence-corrected chi connectivity index (χ1v) is 7.57. The largest absolute Gasteiger partial charge is 0.330 e. The molecule has 0 bridgehead atoms. The topological polar surface area (TPSA) is 90.2 Å². The first kappa shape index (κ1) is 15.0. The van der Waals surface area contributed by atoms with Crippen LogP contribution in [0.15, 0.2) is 44.9 Å². The lowest BCUT2D eigenvalue weighted by Crippen LogP contribution is -2.38. The first-order chi connectivity index (χ1) is 9.72. The molecule has 0 aliphatic heterocycles. The van der Waals surface area contributed by atoms with Crippen molar-refractivity contribution in [2.24, 2.45) is 14.1 Å². The molecule has 0 fully saturated rings. The van der Waals surface area contributed by atoms with Crippen LogP contribution in [0, 0.1) is 6.92 Å². The highest BCUT2D eigenvalue weighted by molar-refractivity contribution is 7.92. The van der Waals surface area contributed by atoms with Crippen molar-refractivity contribution in [3.05, 3.63) is 56.9 Å². The van der Waals surface area contributed by atoms with Gasteiger partial charge in [0.2, 0.25) is 0 Å². The van der Waals surface area contributed by atoms with E-state index in [4.69, 9.17) is 0 Å². The molecule has 1 aromatic heterocycles. The molecule has 112 valence electrons. The molecule has 0 aliphatic rings. The van der Waals surface area contributed by atoms with Crippen LogP contribution in [-0.2, 0) is 24.1 Å². The lowest BCUT2D eigenvalue weighted by Gasteiger charge is -2.10. The standard InChI is InChI=1S/C13H15N3O4S/c1-9-4-6-10(7-5-9)21(19,20)14-11-8-15(2)13(18)16(3)12(11)17/h4-8,14H,1-3H3. The molecular formula is C13H15N3O4S. The highest BCUT2D eigenvalue weighted by Gasteiger charge is 2.17. The maximum absolute atomic E-state index is 12.2. The maximum atomic E-state index is 12.2. The second-order valence-electron chi connectivity index (χ2n) is 4.72. The molecule has 1 aromatic carbocycles. The third-order valence-electron chi connectivity index (χ3n) is 3.02. The van der Waals surface area contributed by atoms with Crippen LogP contribution in [0.2, 0.25) is 0 Å². The van der Waals surface area contributed by atoms with Gasteiger partial charge in [-0.05, 0) is 19.1 Å². The molecule has 7 nitrogen and oxygen atoms in total. The van der Waals surface area contributed by atoms with Crippen molar-refractivity contribution >= 4 is 15.7 Å². The highest BCUT2D eigenvalue weighted by atomic mass is 32.2. The summed E-state index contributed by atoms with van der Waals surface area (Å²) in [6.07, 6.45) is 1.16. The number of nitrogens with one attached hydrogen (secondary N) is 1. The van der Waals surface area contributed by atoms with Crippen molar-refractivity contribution < 1.29 is 8.42 Å². The van der Waals surface area contributed by atoms with Crippen LogP contribution >= 0.6 is 0 Å². The minimum atomic E-state index is -3.88. The summed E-state index contributed by atoms with van der Waals surface area (Å²) in [6, 6.07) is 6.22. The minimum Gasteiger partial charge on any atom is -0.301 e. The number of anilines is 1. The van der Waals surface area contributed by atoms with Crippen molar-refractivity contribution in [3.63, 3.8) is 0 Å². The smallest absolute Gasteiger partial charge is 0.301 e. The fourth-order valence-corrected chi connectivity index (χ4v) is 2.84. The average Bonchev–Trinajstić information content (AvgIpc) is 2.42. The fraction of sp³-hybridized carbons (Fsp3) is 0.231. The number of aryl methyl sites for hydroxylation is 2. The molecule has 0 amide bonds. The summed E-state index contributed by atoms with van der Waals surface area (Å²) in [4.78, 5) is 23.5. The molecule has 0 radical (unpaired) electrons. The summed E-state index contributed by atoms with van der Waals surface area (Å²) in [5.74, 6) is 0. The van der Waals surface area contributed by atoms with Gasteiger partial charge in [0.15, 0.2) is 0 Å². The van der Waals surface area contributed by atoms with Crippen LogP contribution in [0.5, 0.6) is 0 Å². The van der Waals surface area contributed by atoms with Gasteiger partial charge < -0.3 is 4.57 Å². The molecule has 1 N–H and O–H groups in total. The van der Waals surface area contributed by atoms with Gasteiger partial charge in [0.1, 0.15) is 5.69 Å². The summed E-state index contributed by atoms with van der Waals surface area (Å²) in [5, 5.41) is 0. The Balaban J connectivity index is 2.49. The van der Waals surface area contributed by atoms with Crippen molar-refractivity contribution in [1.82, 2.24) is 9.13 Å². The Morgan fingerprint density at radius 2 is 1.62 bits per heavy atom. The van der Waals surface area contributed by atoms with Crippen LogP contribution in [0.25, 0.3) is 0 Å². The third-order valence-corrected chi connectivity index (χ3v) is 4.40. The van der Waals surface area contributed by atoms with Gasteiger partial charge in [-0.3, -0.25) is 14.1 Å². The van der Waals surface area contributed by atoms with E-state index in [2.05, 4.69) is 4.72 Å². The van der Waals surface area contributed by atoms with E-state index < -0.39 is 21.3 Å². The molecule has 8 heteroatoms. The van der Waals surface area contributed by atoms with E-state index in [1.54, 1.807) is 12.1 Å². The van der Waals surface area contributed by atoms with Crippen molar-refractivity contribution in [2.75, 3.05) is 4.72 Å². The lowest BCUT2D eigenvalue weighted by molar-refractivity contribution is 0.600. The van der Waals surface area contributed by atoms with Crippen LogP contribution in [-0.4, -0.2) is 17.6 Å². The second kappa shape index (κ2) is 5.21. The monoisotopic (exact) mass is 309 g/mol. The van der Waals surface area contributed by atoms with Crippen molar-refractivity contribution in [2.45, 2.75) is 11.8 Å². The number of sulfonamides is 1. The molecule has 0 atom stereocenters. The molecule has 2 rings (SSSR count). The Morgan fingerprint density at radius 3 is 2.19 bits per heavy atom. The molecule has 21 heavy (non-hydrogen) atoms.